The van der Waals surface area contributed by atoms with Crippen molar-refractivity contribution in [3.63, 3.8) is 0 Å². The first kappa shape index (κ1) is 16.5. The predicted octanol–water partition coefficient (Wildman–Crippen LogP) is 3.66. The van der Waals surface area contributed by atoms with Crippen molar-refractivity contribution in [2.75, 3.05) is 6.54 Å². The van der Waals surface area contributed by atoms with Gasteiger partial charge in [-0.2, -0.15) is 13.2 Å². The van der Waals surface area contributed by atoms with Gasteiger partial charge in [-0.25, -0.2) is 4.98 Å². The van der Waals surface area contributed by atoms with Crippen molar-refractivity contribution in [1.29, 1.82) is 0 Å². The van der Waals surface area contributed by atoms with Gasteiger partial charge in [0.25, 0.3) is 0 Å². The standard InChI is InChI=1S/C17H18F3N3O/c18-17(19,20)14-6-4-13(5-7-14)15-3-1-2-9-23(15)16(24)11-22-10-8-21-12-22/h4-8,10,12,15H,1-3,9,11H2/t15-/m1/s1. The molecule has 24 heavy (non-hydrogen) atoms. The lowest BCUT2D eigenvalue weighted by atomic mass is 9.94. The van der Waals surface area contributed by atoms with Gasteiger partial charge in [-0.15, -0.1) is 0 Å². The minimum atomic E-state index is -4.35. The molecule has 1 aliphatic rings. The summed E-state index contributed by atoms with van der Waals surface area (Å²) in [5, 5.41) is 0. The van der Waals surface area contributed by atoms with Crippen LogP contribution >= 0.6 is 0 Å². The Kier molecular flexibility index (Phi) is 4.59. The second-order valence-electron chi connectivity index (χ2n) is 5.95. The average molecular weight is 337 g/mol. The van der Waals surface area contributed by atoms with Crippen LogP contribution in [0, 0.1) is 0 Å². The summed E-state index contributed by atoms with van der Waals surface area (Å²) in [4.78, 5) is 18.3. The average Bonchev–Trinajstić information content (AvgIpc) is 3.07. The fourth-order valence-corrected chi connectivity index (χ4v) is 3.10. The molecule has 4 nitrogen and oxygen atoms in total. The van der Waals surface area contributed by atoms with Crippen LogP contribution in [-0.2, 0) is 17.5 Å². The van der Waals surface area contributed by atoms with E-state index in [0.29, 0.717) is 6.54 Å². The number of carbonyl (C=O) groups excluding carboxylic acids is 1. The van der Waals surface area contributed by atoms with Gasteiger partial charge in [0.15, 0.2) is 0 Å². The number of alkyl halides is 3. The fourth-order valence-electron chi connectivity index (χ4n) is 3.10. The summed E-state index contributed by atoms with van der Waals surface area (Å²) in [6, 6.07) is 4.97. The zero-order valence-corrected chi connectivity index (χ0v) is 13.0. The van der Waals surface area contributed by atoms with Crippen LogP contribution in [-0.4, -0.2) is 26.9 Å². The lowest BCUT2D eigenvalue weighted by molar-refractivity contribution is -0.138. The molecule has 1 aromatic carbocycles. The molecular weight excluding hydrogens is 319 g/mol. The normalized spacial score (nSPS) is 18.6. The van der Waals surface area contributed by atoms with Gasteiger partial charge in [0.05, 0.1) is 17.9 Å². The van der Waals surface area contributed by atoms with Crippen molar-refractivity contribution in [3.05, 3.63) is 54.1 Å². The summed E-state index contributed by atoms with van der Waals surface area (Å²) in [6.07, 6.45) is 3.19. The molecule has 0 radical (unpaired) electrons. The van der Waals surface area contributed by atoms with Crippen LogP contribution in [0.1, 0.15) is 36.4 Å². The van der Waals surface area contributed by atoms with Gasteiger partial charge in [0, 0.05) is 18.9 Å². The van der Waals surface area contributed by atoms with Gasteiger partial charge in [-0.3, -0.25) is 4.79 Å². The molecule has 0 unspecified atom stereocenters. The van der Waals surface area contributed by atoms with Gasteiger partial charge in [-0.05, 0) is 37.0 Å². The van der Waals surface area contributed by atoms with E-state index in [2.05, 4.69) is 4.98 Å². The molecule has 7 heteroatoms. The number of halogens is 3. The van der Waals surface area contributed by atoms with E-state index in [9.17, 15) is 18.0 Å². The molecule has 1 amide bonds. The number of rotatable bonds is 3. The monoisotopic (exact) mass is 337 g/mol. The van der Waals surface area contributed by atoms with Crippen LogP contribution in [0.15, 0.2) is 43.0 Å². The smallest absolute Gasteiger partial charge is 0.334 e. The number of amides is 1. The van der Waals surface area contributed by atoms with E-state index in [0.717, 1.165) is 37.0 Å². The number of imidazole rings is 1. The summed E-state index contributed by atoms with van der Waals surface area (Å²) in [6.45, 7) is 0.816. The van der Waals surface area contributed by atoms with Crippen molar-refractivity contribution >= 4 is 5.91 Å². The maximum absolute atomic E-state index is 12.7. The first-order valence-electron chi connectivity index (χ1n) is 7.87. The van der Waals surface area contributed by atoms with Crippen LogP contribution in [0.5, 0.6) is 0 Å². The SMILES string of the molecule is O=C(Cn1ccnc1)N1CCCC[C@@H]1c1ccc(C(F)(F)F)cc1. The molecule has 2 heterocycles. The number of benzene rings is 1. The predicted molar refractivity (Wildman–Crippen MR) is 82.0 cm³/mol. The molecule has 2 aromatic rings. The number of likely N-dealkylation sites (tertiary alicyclic amines) is 1. The first-order chi connectivity index (χ1) is 11.4. The molecule has 1 saturated heterocycles. The van der Waals surface area contributed by atoms with E-state index in [1.165, 1.54) is 12.1 Å². The third-order valence-corrected chi connectivity index (χ3v) is 4.32. The summed E-state index contributed by atoms with van der Waals surface area (Å²) in [7, 11) is 0. The van der Waals surface area contributed by atoms with Crippen molar-refractivity contribution in [1.82, 2.24) is 14.5 Å². The molecule has 0 N–H and O–H groups in total. The summed E-state index contributed by atoms with van der Waals surface area (Å²) < 4.78 is 39.8. The summed E-state index contributed by atoms with van der Waals surface area (Å²) in [5.41, 5.74) is 0.0834. The quantitative estimate of drug-likeness (QED) is 0.857. The Hall–Kier alpha value is -2.31. The van der Waals surface area contributed by atoms with E-state index >= 15 is 0 Å². The van der Waals surface area contributed by atoms with Gasteiger partial charge in [0.1, 0.15) is 6.54 Å². The summed E-state index contributed by atoms with van der Waals surface area (Å²) >= 11 is 0. The minimum Gasteiger partial charge on any atom is -0.334 e. The number of hydrogen-bond acceptors (Lipinski definition) is 2. The molecule has 1 aliphatic heterocycles. The summed E-state index contributed by atoms with van der Waals surface area (Å²) in [5.74, 6) is -0.0439. The van der Waals surface area contributed by atoms with Crippen molar-refractivity contribution < 1.29 is 18.0 Å². The lowest BCUT2D eigenvalue weighted by Crippen LogP contribution is -2.40. The van der Waals surface area contributed by atoms with E-state index in [1.54, 1.807) is 28.2 Å². The molecule has 0 spiro atoms. The highest BCUT2D eigenvalue weighted by Crippen LogP contribution is 2.34. The number of hydrogen-bond donors (Lipinski definition) is 0. The molecule has 128 valence electrons. The Morgan fingerprint density at radius 2 is 1.96 bits per heavy atom. The lowest BCUT2D eigenvalue weighted by Gasteiger charge is -2.36. The highest BCUT2D eigenvalue weighted by atomic mass is 19.4. The van der Waals surface area contributed by atoms with E-state index < -0.39 is 11.7 Å². The molecule has 0 bridgehead atoms. The van der Waals surface area contributed by atoms with Crippen LogP contribution in [0.3, 0.4) is 0 Å². The Bertz CT molecular complexity index is 680. The number of aromatic nitrogens is 2. The highest BCUT2D eigenvalue weighted by Gasteiger charge is 2.32. The molecular formula is C17H18F3N3O. The Labute approximate surface area is 137 Å². The zero-order valence-electron chi connectivity index (χ0n) is 13.0. The topological polar surface area (TPSA) is 38.1 Å². The molecule has 3 rings (SSSR count). The number of nitrogens with zero attached hydrogens (tertiary/aromatic N) is 3. The second kappa shape index (κ2) is 6.67. The largest absolute Gasteiger partial charge is 0.416 e. The third kappa shape index (κ3) is 3.60. The molecule has 1 fully saturated rings. The van der Waals surface area contributed by atoms with Gasteiger partial charge >= 0.3 is 6.18 Å². The molecule has 1 atom stereocenters. The second-order valence-corrected chi connectivity index (χ2v) is 5.95. The maximum Gasteiger partial charge on any atom is 0.416 e. The maximum atomic E-state index is 12.7. The fraction of sp³-hybridized carbons (Fsp3) is 0.412. The van der Waals surface area contributed by atoms with E-state index in [4.69, 9.17) is 0 Å². The van der Waals surface area contributed by atoms with Crippen molar-refractivity contribution in [2.24, 2.45) is 0 Å². The van der Waals surface area contributed by atoms with Gasteiger partial charge in [-0.1, -0.05) is 12.1 Å². The first-order valence-corrected chi connectivity index (χ1v) is 7.87. The molecule has 0 saturated carbocycles. The van der Waals surface area contributed by atoms with Crippen LogP contribution in [0.2, 0.25) is 0 Å². The molecule has 0 aliphatic carbocycles. The van der Waals surface area contributed by atoms with Gasteiger partial charge < -0.3 is 9.47 Å². The van der Waals surface area contributed by atoms with Crippen LogP contribution in [0.4, 0.5) is 13.2 Å². The van der Waals surface area contributed by atoms with Crippen LogP contribution in [0.25, 0.3) is 0 Å². The molecule has 1 aromatic heterocycles. The van der Waals surface area contributed by atoms with E-state index in [1.807, 2.05) is 0 Å². The Morgan fingerprint density at radius 3 is 2.58 bits per heavy atom. The number of piperidine rings is 1. The number of carbonyl (C=O) groups is 1. The van der Waals surface area contributed by atoms with E-state index in [-0.39, 0.29) is 18.5 Å². The minimum absolute atomic E-state index is 0.0439. The zero-order chi connectivity index (χ0) is 17.2. The van der Waals surface area contributed by atoms with Gasteiger partial charge in [0.2, 0.25) is 5.91 Å². The third-order valence-electron chi connectivity index (χ3n) is 4.32. The van der Waals surface area contributed by atoms with Crippen LogP contribution < -0.4 is 0 Å². The Morgan fingerprint density at radius 1 is 1.21 bits per heavy atom. The highest BCUT2D eigenvalue weighted by molar-refractivity contribution is 5.76. The van der Waals surface area contributed by atoms with Crippen molar-refractivity contribution in [2.45, 2.75) is 38.0 Å². The Balaban J connectivity index is 1.78. The van der Waals surface area contributed by atoms with Crippen molar-refractivity contribution in [3.8, 4) is 0 Å².